The Morgan fingerprint density at radius 2 is 1.12 bits per heavy atom. The van der Waals surface area contributed by atoms with Crippen LogP contribution in [-0.2, 0) is 28.7 Å². The maximum absolute atomic E-state index is 10.2. The second kappa shape index (κ2) is 5.69. The standard InChI is InChI=1S/2C4H5NO3/c2*6-3-2-8-4(7)1-5-3/h2*1-2H2,(H,5,6). The van der Waals surface area contributed by atoms with Crippen LogP contribution in [0.3, 0.4) is 0 Å². The number of amides is 2. The maximum atomic E-state index is 10.2. The molecule has 88 valence electrons. The van der Waals surface area contributed by atoms with Gasteiger partial charge in [-0.1, -0.05) is 0 Å². The van der Waals surface area contributed by atoms with Crippen LogP contribution in [0, 0.1) is 0 Å². The number of esters is 2. The third-order valence-electron chi connectivity index (χ3n) is 1.59. The van der Waals surface area contributed by atoms with Crippen LogP contribution in [-0.4, -0.2) is 50.1 Å². The Bertz CT molecular complexity index is 238. The van der Waals surface area contributed by atoms with E-state index in [1.165, 1.54) is 0 Å². The fraction of sp³-hybridized carbons (Fsp3) is 0.500. The quantitative estimate of drug-likeness (QED) is 0.439. The highest BCUT2D eigenvalue weighted by Gasteiger charge is 2.14. The molecular formula is C8H10N2O6. The van der Waals surface area contributed by atoms with Crippen LogP contribution in [0.1, 0.15) is 0 Å². The summed E-state index contributed by atoms with van der Waals surface area (Å²) in [7, 11) is 0. The van der Waals surface area contributed by atoms with Crippen LogP contribution < -0.4 is 10.6 Å². The first-order chi connectivity index (χ1) is 7.58. The Balaban J connectivity index is 0.000000160. The summed E-state index contributed by atoms with van der Waals surface area (Å²) >= 11 is 0. The molecule has 0 unspecified atom stereocenters. The Hall–Kier alpha value is -2.12. The number of hydrogen-bond donors (Lipinski definition) is 2. The van der Waals surface area contributed by atoms with Crippen molar-refractivity contribution in [3.8, 4) is 0 Å². The minimum absolute atomic E-state index is 0.0127. The normalized spacial score (nSPS) is 19.5. The van der Waals surface area contributed by atoms with E-state index in [1.807, 2.05) is 0 Å². The maximum Gasteiger partial charge on any atom is 0.325 e. The summed E-state index contributed by atoms with van der Waals surface area (Å²) in [5.41, 5.74) is 0. The molecule has 16 heavy (non-hydrogen) atoms. The van der Waals surface area contributed by atoms with E-state index < -0.39 is 0 Å². The molecule has 0 aromatic heterocycles. The van der Waals surface area contributed by atoms with Gasteiger partial charge in [0.15, 0.2) is 13.2 Å². The lowest BCUT2D eigenvalue weighted by Gasteiger charge is -2.10. The van der Waals surface area contributed by atoms with Gasteiger partial charge in [0.05, 0.1) is 0 Å². The van der Waals surface area contributed by atoms with E-state index in [2.05, 4.69) is 20.1 Å². The lowest BCUT2D eigenvalue weighted by atomic mass is 10.5. The van der Waals surface area contributed by atoms with Gasteiger partial charge < -0.3 is 20.1 Å². The zero-order valence-electron chi connectivity index (χ0n) is 8.28. The van der Waals surface area contributed by atoms with E-state index in [-0.39, 0.29) is 50.1 Å². The monoisotopic (exact) mass is 230 g/mol. The Kier molecular flexibility index (Phi) is 4.25. The molecule has 2 aliphatic heterocycles. The summed E-state index contributed by atoms with van der Waals surface area (Å²) in [5.74, 6) is -1.21. The molecule has 2 amide bonds. The number of carbonyl (C=O) groups is 4. The number of ether oxygens (including phenoxy) is 2. The molecule has 2 aliphatic rings. The van der Waals surface area contributed by atoms with E-state index in [4.69, 9.17) is 0 Å². The Morgan fingerprint density at radius 3 is 1.31 bits per heavy atom. The van der Waals surface area contributed by atoms with Gasteiger partial charge in [0.2, 0.25) is 0 Å². The number of cyclic esters (lactones) is 2. The predicted molar refractivity (Wildman–Crippen MR) is 47.9 cm³/mol. The second-order valence-electron chi connectivity index (χ2n) is 2.87. The van der Waals surface area contributed by atoms with Gasteiger partial charge in [0.25, 0.3) is 11.8 Å². The van der Waals surface area contributed by atoms with Crippen molar-refractivity contribution in [1.82, 2.24) is 10.6 Å². The zero-order chi connectivity index (χ0) is 12.0. The molecule has 0 spiro atoms. The van der Waals surface area contributed by atoms with Crippen molar-refractivity contribution in [2.45, 2.75) is 0 Å². The van der Waals surface area contributed by atoms with Crippen LogP contribution in [0.15, 0.2) is 0 Å². The van der Waals surface area contributed by atoms with Crippen molar-refractivity contribution in [3.63, 3.8) is 0 Å². The molecule has 8 nitrogen and oxygen atoms in total. The number of carbonyl (C=O) groups excluding carboxylic acids is 4. The van der Waals surface area contributed by atoms with Gasteiger partial charge in [-0.15, -0.1) is 0 Å². The first-order valence-corrected chi connectivity index (χ1v) is 4.42. The molecule has 0 aliphatic carbocycles. The number of nitrogens with one attached hydrogen (secondary N) is 2. The predicted octanol–water partition coefficient (Wildman–Crippen LogP) is -2.68. The van der Waals surface area contributed by atoms with Crippen LogP contribution >= 0.6 is 0 Å². The molecule has 0 atom stereocenters. The van der Waals surface area contributed by atoms with E-state index in [9.17, 15) is 19.2 Å². The molecule has 0 saturated carbocycles. The number of hydrogen-bond acceptors (Lipinski definition) is 6. The molecule has 8 heteroatoms. The first kappa shape index (κ1) is 12.0. The molecule has 0 aromatic carbocycles. The van der Waals surface area contributed by atoms with Gasteiger partial charge in [0.1, 0.15) is 13.1 Å². The fourth-order valence-corrected chi connectivity index (χ4v) is 0.838. The summed E-state index contributed by atoms with van der Waals surface area (Å²) in [5, 5.41) is 4.64. The summed E-state index contributed by atoms with van der Waals surface area (Å²) < 4.78 is 8.68. The molecule has 0 aromatic rings. The lowest BCUT2D eigenvalue weighted by Crippen LogP contribution is -2.39. The average molecular weight is 230 g/mol. The summed E-state index contributed by atoms with van der Waals surface area (Å²) in [6, 6.07) is 0. The van der Waals surface area contributed by atoms with Crippen molar-refractivity contribution >= 4 is 23.8 Å². The van der Waals surface area contributed by atoms with E-state index in [1.54, 1.807) is 0 Å². The summed E-state index contributed by atoms with van der Waals surface area (Å²) in [4.78, 5) is 40.8. The minimum atomic E-state index is -0.371. The molecule has 2 saturated heterocycles. The van der Waals surface area contributed by atoms with E-state index in [0.29, 0.717) is 0 Å². The molecule has 2 rings (SSSR count). The third kappa shape index (κ3) is 4.40. The van der Waals surface area contributed by atoms with Crippen molar-refractivity contribution in [2.24, 2.45) is 0 Å². The van der Waals surface area contributed by atoms with Crippen molar-refractivity contribution in [1.29, 1.82) is 0 Å². The number of rotatable bonds is 0. The van der Waals surface area contributed by atoms with Crippen LogP contribution in [0.2, 0.25) is 0 Å². The Labute approximate surface area is 90.3 Å². The number of morpholine rings is 2. The van der Waals surface area contributed by atoms with Crippen molar-refractivity contribution in [3.05, 3.63) is 0 Å². The van der Waals surface area contributed by atoms with Crippen molar-refractivity contribution in [2.75, 3.05) is 26.3 Å². The SMILES string of the molecule is O=C1COC(=O)CN1.O=C1COC(=O)CN1. The fourth-order valence-electron chi connectivity index (χ4n) is 0.838. The summed E-state index contributed by atoms with van der Waals surface area (Å²) in [6.45, 7) is -0.227. The molecular weight excluding hydrogens is 220 g/mol. The van der Waals surface area contributed by atoms with Gasteiger partial charge in [-0.3, -0.25) is 19.2 Å². The molecule has 2 fully saturated rings. The van der Waals surface area contributed by atoms with E-state index >= 15 is 0 Å². The van der Waals surface area contributed by atoms with Gasteiger partial charge in [-0.25, -0.2) is 0 Å². The van der Waals surface area contributed by atoms with Crippen molar-refractivity contribution < 1.29 is 28.7 Å². The van der Waals surface area contributed by atoms with Crippen LogP contribution in [0.25, 0.3) is 0 Å². The molecule has 2 N–H and O–H groups in total. The zero-order valence-corrected chi connectivity index (χ0v) is 8.28. The third-order valence-corrected chi connectivity index (χ3v) is 1.59. The highest BCUT2D eigenvalue weighted by molar-refractivity contribution is 5.88. The average Bonchev–Trinajstić information content (AvgIpc) is 2.28. The van der Waals surface area contributed by atoms with Crippen LogP contribution in [0.4, 0.5) is 0 Å². The highest BCUT2D eigenvalue weighted by Crippen LogP contribution is 1.83. The Morgan fingerprint density at radius 1 is 0.750 bits per heavy atom. The smallest absolute Gasteiger partial charge is 0.325 e. The van der Waals surface area contributed by atoms with Gasteiger partial charge in [0, 0.05) is 0 Å². The largest absolute Gasteiger partial charge is 0.454 e. The molecule has 0 radical (unpaired) electrons. The van der Waals surface area contributed by atoms with Gasteiger partial charge >= 0.3 is 11.9 Å². The van der Waals surface area contributed by atoms with Crippen LogP contribution in [0.5, 0.6) is 0 Å². The second-order valence-corrected chi connectivity index (χ2v) is 2.87. The topological polar surface area (TPSA) is 111 Å². The van der Waals surface area contributed by atoms with Gasteiger partial charge in [-0.05, 0) is 0 Å². The highest BCUT2D eigenvalue weighted by atomic mass is 16.5. The minimum Gasteiger partial charge on any atom is -0.454 e. The summed E-state index contributed by atoms with van der Waals surface area (Å²) in [6.07, 6.45) is 0. The van der Waals surface area contributed by atoms with Gasteiger partial charge in [-0.2, -0.15) is 0 Å². The molecule has 0 bridgehead atoms. The lowest BCUT2D eigenvalue weighted by molar-refractivity contribution is -0.153. The van der Waals surface area contributed by atoms with E-state index in [0.717, 1.165) is 0 Å². The first-order valence-electron chi connectivity index (χ1n) is 4.42. The molecule has 2 heterocycles.